The molecule has 0 aliphatic heterocycles. The van der Waals surface area contributed by atoms with Gasteiger partial charge in [-0.2, -0.15) is 5.10 Å². The number of hydrogen-bond donors (Lipinski definition) is 2. The molecule has 0 saturated heterocycles. The average Bonchev–Trinajstić information content (AvgIpc) is 3.03. The highest BCUT2D eigenvalue weighted by Gasteiger charge is 2.17. The van der Waals surface area contributed by atoms with Gasteiger partial charge in [0.1, 0.15) is 0 Å². The molecule has 156 valence electrons. The van der Waals surface area contributed by atoms with E-state index in [1.54, 1.807) is 0 Å². The fourth-order valence-electron chi connectivity index (χ4n) is 3.39. The fraction of sp³-hybridized carbons (Fsp3) is 0.292. The van der Waals surface area contributed by atoms with Crippen molar-refractivity contribution in [3.05, 3.63) is 77.1 Å². The van der Waals surface area contributed by atoms with E-state index in [4.69, 9.17) is 0 Å². The molecule has 30 heavy (non-hydrogen) atoms. The highest BCUT2D eigenvalue weighted by molar-refractivity contribution is 5.90. The summed E-state index contributed by atoms with van der Waals surface area (Å²) in [5, 5.41) is 10.5. The molecule has 2 amide bonds. The number of carbonyl (C=O) groups excluding carboxylic acids is 2. The molecule has 3 aromatic rings. The Bertz CT molecular complexity index is 1020. The molecule has 0 spiro atoms. The van der Waals surface area contributed by atoms with Gasteiger partial charge < -0.3 is 10.6 Å². The predicted octanol–water partition coefficient (Wildman–Crippen LogP) is 4.26. The van der Waals surface area contributed by atoms with E-state index in [0.29, 0.717) is 6.42 Å². The van der Waals surface area contributed by atoms with Gasteiger partial charge in [-0.05, 0) is 50.6 Å². The van der Waals surface area contributed by atoms with E-state index in [9.17, 15) is 9.59 Å². The first-order valence-electron chi connectivity index (χ1n) is 10.2. The van der Waals surface area contributed by atoms with Gasteiger partial charge in [-0.25, -0.2) is 4.68 Å². The topological polar surface area (TPSA) is 76.0 Å². The molecule has 2 aromatic carbocycles. The van der Waals surface area contributed by atoms with Crippen LogP contribution in [-0.2, 0) is 16.0 Å². The normalized spacial score (nSPS) is 11.7. The van der Waals surface area contributed by atoms with Crippen molar-refractivity contribution in [3.63, 3.8) is 0 Å². The van der Waals surface area contributed by atoms with Crippen LogP contribution in [0.1, 0.15) is 48.8 Å². The Labute approximate surface area is 177 Å². The molecular weight excluding hydrogens is 376 g/mol. The molecule has 0 saturated carbocycles. The molecule has 1 heterocycles. The van der Waals surface area contributed by atoms with Crippen molar-refractivity contribution in [3.8, 4) is 5.69 Å². The molecule has 0 fully saturated rings. The van der Waals surface area contributed by atoms with Crippen molar-refractivity contribution in [2.45, 2.75) is 46.6 Å². The van der Waals surface area contributed by atoms with E-state index in [1.807, 2.05) is 87.0 Å². The summed E-state index contributed by atoms with van der Waals surface area (Å²) in [4.78, 5) is 24.2. The number of benzene rings is 2. The molecule has 6 heteroatoms. The fourth-order valence-corrected chi connectivity index (χ4v) is 3.39. The third kappa shape index (κ3) is 4.95. The van der Waals surface area contributed by atoms with Crippen molar-refractivity contribution in [2.24, 2.45) is 0 Å². The van der Waals surface area contributed by atoms with Gasteiger partial charge in [0.15, 0.2) is 0 Å². The number of amides is 2. The summed E-state index contributed by atoms with van der Waals surface area (Å²) in [5.74, 6) is -0.0736. The number of para-hydroxylation sites is 1. The molecular formula is C24H28N4O2. The highest BCUT2D eigenvalue weighted by Crippen LogP contribution is 2.20. The van der Waals surface area contributed by atoms with Gasteiger partial charge in [0.05, 0.1) is 23.8 Å². The van der Waals surface area contributed by atoms with Gasteiger partial charge in [0, 0.05) is 23.4 Å². The predicted molar refractivity (Wildman–Crippen MR) is 119 cm³/mol. The van der Waals surface area contributed by atoms with Crippen LogP contribution in [0.4, 0.5) is 5.69 Å². The van der Waals surface area contributed by atoms with Crippen molar-refractivity contribution < 1.29 is 9.59 Å². The number of nitrogens with one attached hydrogen (secondary N) is 2. The number of nitrogens with zero attached hydrogens (tertiary/aromatic N) is 2. The largest absolute Gasteiger partial charge is 0.349 e. The Morgan fingerprint density at radius 1 is 1.00 bits per heavy atom. The molecule has 0 radical (unpaired) electrons. The van der Waals surface area contributed by atoms with E-state index in [-0.39, 0.29) is 24.3 Å². The van der Waals surface area contributed by atoms with Crippen molar-refractivity contribution in [1.82, 2.24) is 15.1 Å². The lowest BCUT2D eigenvalue weighted by molar-refractivity contribution is -0.121. The van der Waals surface area contributed by atoms with Crippen molar-refractivity contribution in [2.75, 3.05) is 5.32 Å². The Balaban J connectivity index is 1.66. The van der Waals surface area contributed by atoms with Crippen LogP contribution in [0.3, 0.4) is 0 Å². The van der Waals surface area contributed by atoms with E-state index < -0.39 is 0 Å². The van der Waals surface area contributed by atoms with Gasteiger partial charge >= 0.3 is 0 Å². The van der Waals surface area contributed by atoms with E-state index in [1.165, 1.54) is 0 Å². The standard InChI is InChI=1S/C24H28N4O2/c1-5-23(29)26-20-13-11-19(12-14-20)16(2)25-24(30)15-22-17(3)27-28(18(22)4)21-9-7-6-8-10-21/h6-14,16H,5,15H2,1-4H3,(H,25,30)(H,26,29). The Hall–Kier alpha value is -3.41. The summed E-state index contributed by atoms with van der Waals surface area (Å²) in [7, 11) is 0. The first-order chi connectivity index (χ1) is 14.4. The van der Waals surface area contributed by atoms with E-state index in [2.05, 4.69) is 15.7 Å². The van der Waals surface area contributed by atoms with E-state index >= 15 is 0 Å². The van der Waals surface area contributed by atoms with Crippen LogP contribution < -0.4 is 10.6 Å². The number of anilines is 1. The van der Waals surface area contributed by atoms with Crippen molar-refractivity contribution in [1.29, 1.82) is 0 Å². The molecule has 2 N–H and O–H groups in total. The van der Waals surface area contributed by atoms with Gasteiger partial charge in [0.25, 0.3) is 0 Å². The molecule has 3 rings (SSSR count). The molecule has 1 atom stereocenters. The average molecular weight is 405 g/mol. The number of hydrogen-bond acceptors (Lipinski definition) is 3. The number of rotatable bonds is 7. The monoisotopic (exact) mass is 404 g/mol. The zero-order valence-electron chi connectivity index (χ0n) is 17.9. The summed E-state index contributed by atoms with van der Waals surface area (Å²) in [5.41, 5.74) is 5.48. The van der Waals surface area contributed by atoms with Gasteiger partial charge in [0.2, 0.25) is 11.8 Å². The molecule has 0 aliphatic rings. The van der Waals surface area contributed by atoms with Crippen LogP contribution >= 0.6 is 0 Å². The number of carbonyl (C=O) groups is 2. The summed E-state index contributed by atoms with van der Waals surface area (Å²) in [6, 6.07) is 17.3. The quantitative estimate of drug-likeness (QED) is 0.618. The van der Waals surface area contributed by atoms with Crippen LogP contribution in [0, 0.1) is 13.8 Å². The molecule has 1 aromatic heterocycles. The molecule has 0 bridgehead atoms. The maximum absolute atomic E-state index is 12.7. The Kier molecular flexibility index (Phi) is 6.67. The first kappa shape index (κ1) is 21.3. The zero-order valence-corrected chi connectivity index (χ0v) is 17.9. The Morgan fingerprint density at radius 3 is 2.30 bits per heavy atom. The lowest BCUT2D eigenvalue weighted by Crippen LogP contribution is -2.28. The zero-order chi connectivity index (χ0) is 21.7. The minimum absolute atomic E-state index is 0.0223. The molecule has 1 unspecified atom stereocenters. The molecule has 0 aliphatic carbocycles. The van der Waals surface area contributed by atoms with Crippen LogP contribution in [-0.4, -0.2) is 21.6 Å². The Morgan fingerprint density at radius 2 is 1.67 bits per heavy atom. The second-order valence-electron chi connectivity index (χ2n) is 7.39. The van der Waals surface area contributed by atoms with E-state index in [0.717, 1.165) is 33.9 Å². The van der Waals surface area contributed by atoms with Crippen molar-refractivity contribution >= 4 is 17.5 Å². The summed E-state index contributed by atoms with van der Waals surface area (Å²) < 4.78 is 1.88. The highest BCUT2D eigenvalue weighted by atomic mass is 16.2. The van der Waals surface area contributed by atoms with Crippen LogP contribution in [0.2, 0.25) is 0 Å². The summed E-state index contributed by atoms with van der Waals surface area (Å²) in [6.45, 7) is 7.68. The number of aryl methyl sites for hydroxylation is 1. The third-order valence-electron chi connectivity index (χ3n) is 5.17. The summed E-state index contributed by atoms with van der Waals surface area (Å²) >= 11 is 0. The maximum Gasteiger partial charge on any atom is 0.225 e. The van der Waals surface area contributed by atoms with Gasteiger partial charge in [-0.15, -0.1) is 0 Å². The smallest absolute Gasteiger partial charge is 0.225 e. The molecule has 6 nitrogen and oxygen atoms in total. The third-order valence-corrected chi connectivity index (χ3v) is 5.17. The van der Waals surface area contributed by atoms with Crippen LogP contribution in [0.25, 0.3) is 5.69 Å². The second-order valence-corrected chi connectivity index (χ2v) is 7.39. The second kappa shape index (κ2) is 9.39. The lowest BCUT2D eigenvalue weighted by atomic mass is 10.1. The van der Waals surface area contributed by atoms with Gasteiger partial charge in [-0.1, -0.05) is 37.3 Å². The lowest BCUT2D eigenvalue weighted by Gasteiger charge is -2.15. The maximum atomic E-state index is 12.7. The van der Waals surface area contributed by atoms with Crippen LogP contribution in [0.15, 0.2) is 54.6 Å². The SMILES string of the molecule is CCC(=O)Nc1ccc(C(C)NC(=O)Cc2c(C)nn(-c3ccccc3)c2C)cc1. The first-order valence-corrected chi connectivity index (χ1v) is 10.2. The summed E-state index contributed by atoms with van der Waals surface area (Å²) in [6.07, 6.45) is 0.716. The minimum Gasteiger partial charge on any atom is -0.349 e. The number of aromatic nitrogens is 2. The minimum atomic E-state index is -0.141. The van der Waals surface area contributed by atoms with Crippen LogP contribution in [0.5, 0.6) is 0 Å². The van der Waals surface area contributed by atoms with Gasteiger partial charge in [-0.3, -0.25) is 9.59 Å².